The van der Waals surface area contributed by atoms with Crippen molar-refractivity contribution in [1.29, 1.82) is 0 Å². The molecule has 1 saturated heterocycles. The van der Waals surface area contributed by atoms with Crippen molar-refractivity contribution in [2.45, 2.75) is 5.92 Å². The molecule has 0 spiro atoms. The SMILES string of the molecule is O=C(N/N=C1\C(=O)N(c2ccc(Cl)cc2Cl)C(=O)C(=O)[C@H]1c1nc2ccccc2o1)c1ccccc1O. The van der Waals surface area contributed by atoms with Crippen molar-refractivity contribution in [3.8, 4) is 5.75 Å². The molecule has 0 aliphatic carbocycles. The number of halogens is 2. The fourth-order valence-corrected chi connectivity index (χ4v) is 4.25. The van der Waals surface area contributed by atoms with Crippen LogP contribution in [-0.4, -0.2) is 39.3 Å². The van der Waals surface area contributed by atoms with Crippen LogP contribution in [0.3, 0.4) is 0 Å². The van der Waals surface area contributed by atoms with Gasteiger partial charge in [-0.25, -0.2) is 15.3 Å². The Kier molecular flexibility index (Phi) is 6.20. The van der Waals surface area contributed by atoms with Crippen molar-refractivity contribution in [3.05, 3.63) is 88.2 Å². The van der Waals surface area contributed by atoms with Gasteiger partial charge in [0.15, 0.2) is 11.5 Å². The molecule has 2 heterocycles. The molecule has 4 aromatic rings. The molecule has 5 rings (SSSR count). The van der Waals surface area contributed by atoms with Crippen molar-refractivity contribution in [2.24, 2.45) is 5.10 Å². The number of aromatic nitrogens is 1. The predicted molar refractivity (Wildman–Crippen MR) is 134 cm³/mol. The molecule has 0 unspecified atom stereocenters. The summed E-state index contributed by atoms with van der Waals surface area (Å²) in [6, 6.07) is 16.2. The number of nitrogens with one attached hydrogen (secondary N) is 1. The Labute approximate surface area is 218 Å². The maximum absolute atomic E-state index is 13.6. The third kappa shape index (κ3) is 4.32. The molecule has 1 atom stereocenters. The minimum absolute atomic E-state index is 0.0695. The van der Waals surface area contributed by atoms with Gasteiger partial charge >= 0.3 is 5.91 Å². The first-order chi connectivity index (χ1) is 17.8. The molecule has 0 bridgehead atoms. The average molecular weight is 537 g/mol. The standard InChI is InChI=1S/C25H14Cl2N4O6/c26-12-9-10-16(14(27)11-12)31-24(35)20(29-30-22(34)13-5-1-3-7-17(13)32)19(21(33)25(31)36)23-28-15-6-2-4-8-18(15)37-23/h1-11,19,32H,(H,30,34)/b29-20-/t19-/m0/s1. The highest BCUT2D eigenvalue weighted by atomic mass is 35.5. The van der Waals surface area contributed by atoms with E-state index in [1.807, 2.05) is 0 Å². The Morgan fingerprint density at radius 2 is 1.73 bits per heavy atom. The Morgan fingerprint density at radius 1 is 1.00 bits per heavy atom. The van der Waals surface area contributed by atoms with Gasteiger partial charge in [-0.3, -0.25) is 19.2 Å². The van der Waals surface area contributed by atoms with Crippen LogP contribution in [0.2, 0.25) is 10.0 Å². The van der Waals surface area contributed by atoms with Gasteiger partial charge in [-0.15, -0.1) is 0 Å². The van der Waals surface area contributed by atoms with E-state index in [0.29, 0.717) is 16.0 Å². The largest absolute Gasteiger partial charge is 0.507 e. The van der Waals surface area contributed by atoms with E-state index in [0.717, 1.165) is 0 Å². The number of piperidine rings is 1. The summed E-state index contributed by atoms with van der Waals surface area (Å²) < 4.78 is 5.66. The van der Waals surface area contributed by atoms with Crippen LogP contribution in [-0.2, 0) is 14.4 Å². The summed E-state index contributed by atoms with van der Waals surface area (Å²) in [6.45, 7) is 0. The number of ketones is 1. The van der Waals surface area contributed by atoms with Gasteiger partial charge in [-0.1, -0.05) is 47.5 Å². The predicted octanol–water partition coefficient (Wildman–Crippen LogP) is 3.85. The number of nitrogens with zero attached hydrogens (tertiary/aromatic N) is 3. The lowest BCUT2D eigenvalue weighted by molar-refractivity contribution is -0.139. The van der Waals surface area contributed by atoms with Crippen LogP contribution in [0, 0.1) is 0 Å². The summed E-state index contributed by atoms with van der Waals surface area (Å²) in [7, 11) is 0. The number of benzene rings is 3. The molecular formula is C25H14Cl2N4O6. The van der Waals surface area contributed by atoms with Crippen molar-refractivity contribution >= 4 is 69.2 Å². The first-order valence-corrected chi connectivity index (χ1v) is 11.4. The first kappa shape index (κ1) is 24.2. The number of para-hydroxylation sites is 3. The molecule has 12 heteroatoms. The molecule has 1 aliphatic heterocycles. The summed E-state index contributed by atoms with van der Waals surface area (Å²) in [5.74, 6) is -6.44. The zero-order chi connectivity index (χ0) is 26.3. The van der Waals surface area contributed by atoms with Gasteiger partial charge < -0.3 is 9.52 Å². The number of amides is 3. The Morgan fingerprint density at radius 3 is 2.46 bits per heavy atom. The number of imide groups is 1. The lowest BCUT2D eigenvalue weighted by Gasteiger charge is -2.29. The summed E-state index contributed by atoms with van der Waals surface area (Å²) in [4.78, 5) is 57.5. The van der Waals surface area contributed by atoms with Crippen LogP contribution in [0.15, 0.2) is 76.2 Å². The van der Waals surface area contributed by atoms with Crippen molar-refractivity contribution in [1.82, 2.24) is 10.4 Å². The van der Waals surface area contributed by atoms with Crippen LogP contribution in [0.5, 0.6) is 5.75 Å². The number of aromatic hydroxyl groups is 1. The number of fused-ring (bicyclic) bond motifs is 1. The number of Topliss-reactive ketones (excluding diaryl/α,β-unsaturated/α-hetero) is 1. The lowest BCUT2D eigenvalue weighted by Crippen LogP contribution is -2.55. The number of rotatable bonds is 4. The third-order valence-corrected chi connectivity index (χ3v) is 6.04. The summed E-state index contributed by atoms with van der Waals surface area (Å²) in [5.41, 5.74) is 2.06. The number of hydrogen-bond acceptors (Lipinski definition) is 8. The Hall–Kier alpha value is -4.54. The van der Waals surface area contributed by atoms with E-state index in [4.69, 9.17) is 27.6 Å². The Bertz CT molecular complexity index is 1610. The number of hydrazone groups is 1. The highest BCUT2D eigenvalue weighted by molar-refractivity contribution is 6.67. The molecule has 3 amide bonds. The van der Waals surface area contributed by atoms with Crippen LogP contribution in [0.4, 0.5) is 5.69 Å². The zero-order valence-corrected chi connectivity index (χ0v) is 20.0. The summed E-state index contributed by atoms with van der Waals surface area (Å²) in [5, 5.41) is 14.0. The van der Waals surface area contributed by atoms with E-state index < -0.39 is 35.1 Å². The van der Waals surface area contributed by atoms with E-state index in [1.54, 1.807) is 24.3 Å². The number of hydrogen-bond donors (Lipinski definition) is 2. The molecule has 37 heavy (non-hydrogen) atoms. The number of anilines is 1. The minimum atomic E-state index is -1.65. The van der Waals surface area contributed by atoms with Crippen LogP contribution >= 0.6 is 23.2 Å². The second-order valence-corrected chi connectivity index (χ2v) is 8.66. The van der Waals surface area contributed by atoms with Crippen LogP contribution in [0.1, 0.15) is 22.2 Å². The van der Waals surface area contributed by atoms with E-state index in [9.17, 15) is 24.3 Å². The van der Waals surface area contributed by atoms with Gasteiger partial charge in [-0.2, -0.15) is 5.10 Å². The van der Waals surface area contributed by atoms with Crippen LogP contribution in [0.25, 0.3) is 11.1 Å². The van der Waals surface area contributed by atoms with Gasteiger partial charge in [0.05, 0.1) is 16.3 Å². The maximum atomic E-state index is 13.6. The fraction of sp³-hybridized carbons (Fsp3) is 0.0400. The smallest absolute Gasteiger partial charge is 0.302 e. The molecule has 184 valence electrons. The maximum Gasteiger partial charge on any atom is 0.302 e. The van der Waals surface area contributed by atoms with Gasteiger partial charge in [-0.05, 0) is 42.5 Å². The van der Waals surface area contributed by atoms with Gasteiger partial charge in [0.25, 0.3) is 11.8 Å². The van der Waals surface area contributed by atoms with Crippen molar-refractivity contribution < 1.29 is 28.7 Å². The molecule has 0 radical (unpaired) electrons. The van der Waals surface area contributed by atoms with E-state index in [-0.39, 0.29) is 32.9 Å². The molecule has 10 nitrogen and oxygen atoms in total. The highest BCUT2D eigenvalue weighted by Crippen LogP contribution is 2.34. The number of phenols is 1. The highest BCUT2D eigenvalue weighted by Gasteiger charge is 2.50. The normalized spacial score (nSPS) is 17.0. The van der Waals surface area contributed by atoms with Crippen molar-refractivity contribution in [2.75, 3.05) is 4.90 Å². The van der Waals surface area contributed by atoms with E-state index in [1.165, 1.54) is 42.5 Å². The second kappa shape index (κ2) is 9.49. The van der Waals surface area contributed by atoms with Crippen molar-refractivity contribution in [3.63, 3.8) is 0 Å². The van der Waals surface area contributed by atoms with E-state index >= 15 is 0 Å². The van der Waals surface area contributed by atoms with Gasteiger partial charge in [0, 0.05) is 5.02 Å². The Balaban J connectivity index is 1.61. The molecule has 1 fully saturated rings. The molecule has 1 aromatic heterocycles. The second-order valence-electron chi connectivity index (χ2n) is 7.81. The topological polar surface area (TPSA) is 142 Å². The molecule has 2 N–H and O–H groups in total. The van der Waals surface area contributed by atoms with E-state index in [2.05, 4.69) is 15.5 Å². The number of carbonyl (C=O) groups is 4. The monoisotopic (exact) mass is 536 g/mol. The van der Waals surface area contributed by atoms with Crippen LogP contribution < -0.4 is 10.3 Å². The zero-order valence-electron chi connectivity index (χ0n) is 18.5. The van der Waals surface area contributed by atoms with Gasteiger partial charge in [0.2, 0.25) is 11.7 Å². The third-order valence-electron chi connectivity index (χ3n) is 5.51. The average Bonchev–Trinajstić information content (AvgIpc) is 3.30. The quantitative estimate of drug-likeness (QED) is 0.229. The van der Waals surface area contributed by atoms with Gasteiger partial charge in [0.1, 0.15) is 17.0 Å². The molecule has 1 aliphatic rings. The molecular weight excluding hydrogens is 523 g/mol. The first-order valence-electron chi connectivity index (χ1n) is 10.7. The number of oxazole rings is 1. The molecule has 0 saturated carbocycles. The fourth-order valence-electron chi connectivity index (χ4n) is 3.76. The lowest BCUT2D eigenvalue weighted by atomic mass is 9.91. The molecule has 3 aromatic carbocycles. The number of carbonyl (C=O) groups excluding carboxylic acids is 4. The summed E-state index contributed by atoms with van der Waals surface area (Å²) in [6.07, 6.45) is 0. The number of phenolic OH excluding ortho intramolecular Hbond substituents is 1. The summed E-state index contributed by atoms with van der Waals surface area (Å²) >= 11 is 12.1. The minimum Gasteiger partial charge on any atom is -0.507 e.